The van der Waals surface area contributed by atoms with E-state index in [0.29, 0.717) is 23.0 Å². The second kappa shape index (κ2) is 5.27. The van der Waals surface area contributed by atoms with Crippen LogP contribution in [-0.2, 0) is 4.74 Å². The summed E-state index contributed by atoms with van der Waals surface area (Å²) in [6.07, 6.45) is 3.88. The summed E-state index contributed by atoms with van der Waals surface area (Å²) >= 11 is 1.29. The molecule has 5 heteroatoms. The zero-order chi connectivity index (χ0) is 13.1. The molecular weight excluding hydrogens is 250 g/mol. The Morgan fingerprint density at radius 3 is 2.94 bits per heavy atom. The van der Waals surface area contributed by atoms with Gasteiger partial charge >= 0.3 is 5.97 Å². The minimum Gasteiger partial charge on any atom is -0.461 e. The van der Waals surface area contributed by atoms with E-state index in [1.165, 1.54) is 17.5 Å². The topological polar surface area (TPSA) is 56.3 Å². The highest BCUT2D eigenvalue weighted by Gasteiger charge is 2.14. The molecule has 0 aliphatic heterocycles. The van der Waals surface area contributed by atoms with E-state index in [2.05, 4.69) is 4.98 Å². The summed E-state index contributed by atoms with van der Waals surface area (Å²) in [5.41, 5.74) is 0.492. The van der Waals surface area contributed by atoms with Gasteiger partial charge in [-0.2, -0.15) is 0 Å². The number of aromatic nitrogens is 1. The van der Waals surface area contributed by atoms with Crippen molar-refractivity contribution < 1.29 is 14.3 Å². The largest absolute Gasteiger partial charge is 0.461 e. The van der Waals surface area contributed by atoms with Gasteiger partial charge in [-0.05, 0) is 12.0 Å². The van der Waals surface area contributed by atoms with Crippen molar-refractivity contribution in [3.05, 3.63) is 28.9 Å². The van der Waals surface area contributed by atoms with Gasteiger partial charge in [-0.3, -0.25) is 9.78 Å². The first-order valence-corrected chi connectivity index (χ1v) is 6.43. The molecule has 0 aromatic carbocycles. The number of nitrogens with zero attached hydrogens (tertiary/aromatic N) is 1. The first-order chi connectivity index (χ1) is 8.61. The minimum absolute atomic E-state index is 0.301. The van der Waals surface area contributed by atoms with Gasteiger partial charge in [-0.15, -0.1) is 11.3 Å². The van der Waals surface area contributed by atoms with Crippen LogP contribution in [-0.4, -0.2) is 23.8 Å². The summed E-state index contributed by atoms with van der Waals surface area (Å²) in [7, 11) is 0. The summed E-state index contributed by atoms with van der Waals surface area (Å²) in [6, 6.07) is 1.69. The number of carbonyl (C=O) groups excluding carboxylic acids is 2. The lowest BCUT2D eigenvalue weighted by Gasteiger charge is -2.04. The maximum atomic E-state index is 11.8. The molecule has 0 saturated heterocycles. The lowest BCUT2D eigenvalue weighted by molar-refractivity contribution is 0.0464. The quantitative estimate of drug-likeness (QED) is 0.628. The van der Waals surface area contributed by atoms with Crippen LogP contribution in [0.3, 0.4) is 0 Å². The van der Waals surface area contributed by atoms with Crippen LogP contribution in [0.4, 0.5) is 0 Å². The second-order valence-corrected chi connectivity index (χ2v) is 5.45. The molecule has 0 fully saturated rings. The highest BCUT2D eigenvalue weighted by Crippen LogP contribution is 2.27. The summed E-state index contributed by atoms with van der Waals surface area (Å²) in [4.78, 5) is 27.1. The van der Waals surface area contributed by atoms with Gasteiger partial charge in [0.05, 0.1) is 11.3 Å². The molecular formula is C13H13NO3S. The third-order valence-electron chi connectivity index (χ3n) is 2.35. The van der Waals surface area contributed by atoms with Crippen LogP contribution in [0.25, 0.3) is 10.1 Å². The number of thiophene rings is 1. The molecule has 0 aliphatic carbocycles. The molecule has 0 bridgehead atoms. The van der Waals surface area contributed by atoms with Crippen LogP contribution < -0.4 is 0 Å². The predicted octanol–water partition coefficient (Wildman–Crippen LogP) is 2.92. The van der Waals surface area contributed by atoms with E-state index < -0.39 is 0 Å². The SMILES string of the molecule is CC(C)COC(=O)c1cc2c(C=O)cncc2s1. The van der Waals surface area contributed by atoms with Crippen molar-refractivity contribution in [2.24, 2.45) is 5.92 Å². The zero-order valence-corrected chi connectivity index (χ0v) is 11.0. The molecule has 18 heavy (non-hydrogen) atoms. The Morgan fingerprint density at radius 2 is 2.28 bits per heavy atom. The summed E-state index contributed by atoms with van der Waals surface area (Å²) in [5, 5.41) is 0.751. The highest BCUT2D eigenvalue weighted by molar-refractivity contribution is 7.20. The number of ether oxygens (including phenoxy) is 1. The number of rotatable bonds is 4. The van der Waals surface area contributed by atoms with Crippen LogP contribution in [0.5, 0.6) is 0 Å². The van der Waals surface area contributed by atoms with Crippen molar-refractivity contribution in [1.82, 2.24) is 4.98 Å². The van der Waals surface area contributed by atoms with Gasteiger partial charge in [0.25, 0.3) is 0 Å². The van der Waals surface area contributed by atoms with Crippen LogP contribution >= 0.6 is 11.3 Å². The molecule has 0 amide bonds. The number of fused-ring (bicyclic) bond motifs is 1. The number of hydrogen-bond acceptors (Lipinski definition) is 5. The Hall–Kier alpha value is -1.75. The van der Waals surface area contributed by atoms with Gasteiger partial charge in [-0.1, -0.05) is 13.8 Å². The number of carbonyl (C=O) groups is 2. The first kappa shape index (κ1) is 12.7. The summed E-state index contributed by atoms with van der Waals surface area (Å²) in [6.45, 7) is 4.35. The third kappa shape index (κ3) is 2.56. The molecule has 0 atom stereocenters. The molecule has 0 radical (unpaired) electrons. The molecule has 2 heterocycles. The molecule has 2 aromatic rings. The fraction of sp³-hybridized carbons (Fsp3) is 0.308. The summed E-state index contributed by atoms with van der Waals surface area (Å²) < 4.78 is 5.97. The smallest absolute Gasteiger partial charge is 0.348 e. The van der Waals surface area contributed by atoms with Crippen molar-refractivity contribution in [1.29, 1.82) is 0 Å². The lowest BCUT2D eigenvalue weighted by atomic mass is 10.2. The molecule has 0 saturated carbocycles. The fourth-order valence-corrected chi connectivity index (χ4v) is 2.45. The van der Waals surface area contributed by atoms with Gasteiger partial charge in [0.2, 0.25) is 0 Å². The Labute approximate surface area is 109 Å². The average molecular weight is 263 g/mol. The molecule has 4 nitrogen and oxygen atoms in total. The van der Waals surface area contributed by atoms with E-state index in [0.717, 1.165) is 16.4 Å². The van der Waals surface area contributed by atoms with E-state index in [1.54, 1.807) is 12.3 Å². The van der Waals surface area contributed by atoms with Crippen LogP contribution in [0, 0.1) is 5.92 Å². The van der Waals surface area contributed by atoms with Crippen LogP contribution in [0.2, 0.25) is 0 Å². The Balaban J connectivity index is 2.30. The van der Waals surface area contributed by atoms with Gasteiger partial charge in [-0.25, -0.2) is 4.79 Å². The minimum atomic E-state index is -0.346. The Bertz CT molecular complexity index is 589. The van der Waals surface area contributed by atoms with Gasteiger partial charge in [0.1, 0.15) is 4.88 Å². The van der Waals surface area contributed by atoms with E-state index in [4.69, 9.17) is 4.74 Å². The predicted molar refractivity (Wildman–Crippen MR) is 70.1 cm³/mol. The standard InChI is InChI=1S/C13H13NO3S/c1-8(2)7-17-13(16)11-3-10-9(6-15)4-14-5-12(10)18-11/h3-6,8H,7H2,1-2H3. The maximum absolute atomic E-state index is 11.8. The molecule has 0 aliphatic rings. The zero-order valence-electron chi connectivity index (χ0n) is 10.2. The second-order valence-electron chi connectivity index (χ2n) is 4.36. The normalized spacial score (nSPS) is 10.8. The van der Waals surface area contributed by atoms with Crippen LogP contribution in [0.15, 0.2) is 18.5 Å². The average Bonchev–Trinajstić information content (AvgIpc) is 2.79. The Morgan fingerprint density at radius 1 is 1.50 bits per heavy atom. The van der Waals surface area contributed by atoms with E-state index in [1.807, 2.05) is 13.8 Å². The fourth-order valence-electron chi connectivity index (χ4n) is 1.49. The molecule has 2 aromatic heterocycles. The van der Waals surface area contributed by atoms with Crippen molar-refractivity contribution in [2.45, 2.75) is 13.8 Å². The van der Waals surface area contributed by atoms with E-state index in [9.17, 15) is 9.59 Å². The number of pyridine rings is 1. The van der Waals surface area contributed by atoms with E-state index >= 15 is 0 Å². The van der Waals surface area contributed by atoms with Crippen molar-refractivity contribution in [3.63, 3.8) is 0 Å². The van der Waals surface area contributed by atoms with Crippen molar-refractivity contribution in [3.8, 4) is 0 Å². The van der Waals surface area contributed by atoms with Crippen LogP contribution in [0.1, 0.15) is 33.9 Å². The molecule has 0 N–H and O–H groups in total. The highest BCUT2D eigenvalue weighted by atomic mass is 32.1. The van der Waals surface area contributed by atoms with Crippen molar-refractivity contribution >= 4 is 33.7 Å². The third-order valence-corrected chi connectivity index (χ3v) is 3.40. The molecule has 94 valence electrons. The van der Waals surface area contributed by atoms with Gasteiger partial charge < -0.3 is 4.74 Å². The number of aldehydes is 1. The summed E-state index contributed by atoms with van der Waals surface area (Å²) in [5.74, 6) is -0.0442. The lowest BCUT2D eigenvalue weighted by Crippen LogP contribution is -2.08. The number of hydrogen-bond donors (Lipinski definition) is 0. The molecule has 0 spiro atoms. The molecule has 2 rings (SSSR count). The monoisotopic (exact) mass is 263 g/mol. The Kier molecular flexibility index (Phi) is 3.72. The van der Waals surface area contributed by atoms with Crippen molar-refractivity contribution in [2.75, 3.05) is 6.61 Å². The number of esters is 1. The maximum Gasteiger partial charge on any atom is 0.348 e. The van der Waals surface area contributed by atoms with Gasteiger partial charge in [0.15, 0.2) is 6.29 Å². The first-order valence-electron chi connectivity index (χ1n) is 5.61. The van der Waals surface area contributed by atoms with E-state index in [-0.39, 0.29) is 5.97 Å². The molecule has 0 unspecified atom stereocenters. The van der Waals surface area contributed by atoms with Gasteiger partial charge in [0, 0.05) is 23.3 Å².